The second-order valence-corrected chi connectivity index (χ2v) is 3.08. The van der Waals surface area contributed by atoms with E-state index in [1.807, 2.05) is 0 Å². The van der Waals surface area contributed by atoms with Gasteiger partial charge >= 0.3 is 0 Å². The first-order valence-corrected chi connectivity index (χ1v) is 4.64. The molecule has 0 aliphatic carbocycles. The zero-order valence-corrected chi connectivity index (χ0v) is 9.25. The van der Waals surface area contributed by atoms with Gasteiger partial charge in [-0.05, 0) is 23.8 Å². The number of rotatable bonds is 4. The normalized spacial score (nSPS) is 10.3. The van der Waals surface area contributed by atoms with Gasteiger partial charge in [-0.1, -0.05) is 17.7 Å². The zero-order chi connectivity index (χ0) is 11.3. The number of halogens is 1. The molecule has 0 saturated carbocycles. The third-order valence-corrected chi connectivity index (χ3v) is 2.26. The molecule has 0 fully saturated rings. The topological polar surface area (TPSA) is 35.5 Å². The van der Waals surface area contributed by atoms with Gasteiger partial charge in [0.2, 0.25) is 0 Å². The molecule has 4 heteroatoms. The van der Waals surface area contributed by atoms with Crippen LogP contribution in [0.2, 0.25) is 5.02 Å². The van der Waals surface area contributed by atoms with Gasteiger partial charge in [0.15, 0.2) is 11.5 Å². The molecule has 0 unspecified atom stereocenters. The first-order valence-electron chi connectivity index (χ1n) is 4.27. The van der Waals surface area contributed by atoms with Crippen molar-refractivity contribution in [1.29, 1.82) is 0 Å². The molecule has 0 bridgehead atoms. The van der Waals surface area contributed by atoms with Crippen LogP contribution in [0.25, 0.3) is 6.08 Å². The predicted molar refractivity (Wildman–Crippen MR) is 59.7 cm³/mol. The van der Waals surface area contributed by atoms with Gasteiger partial charge in [0, 0.05) is 0 Å². The van der Waals surface area contributed by atoms with Crippen molar-refractivity contribution in [3.05, 3.63) is 28.8 Å². The Balaban J connectivity index is 3.22. The third kappa shape index (κ3) is 2.50. The van der Waals surface area contributed by atoms with E-state index >= 15 is 0 Å². The molecule has 0 heterocycles. The average molecular weight is 227 g/mol. The van der Waals surface area contributed by atoms with Gasteiger partial charge in [-0.25, -0.2) is 0 Å². The van der Waals surface area contributed by atoms with Gasteiger partial charge in [-0.2, -0.15) is 0 Å². The summed E-state index contributed by atoms with van der Waals surface area (Å²) in [7, 11) is 3.05. The van der Waals surface area contributed by atoms with Crippen LogP contribution < -0.4 is 9.47 Å². The Morgan fingerprint density at radius 3 is 2.53 bits per heavy atom. The van der Waals surface area contributed by atoms with Crippen LogP contribution in [0.3, 0.4) is 0 Å². The second kappa shape index (κ2) is 5.41. The molecule has 1 rings (SSSR count). The van der Waals surface area contributed by atoms with Crippen molar-refractivity contribution >= 4 is 24.0 Å². The Morgan fingerprint density at radius 2 is 2.00 bits per heavy atom. The van der Waals surface area contributed by atoms with Crippen LogP contribution >= 0.6 is 11.6 Å². The standard InChI is InChI=1S/C11H11ClO3/c1-14-9-6-5-8(4-3-7-13)10(12)11(9)15-2/h3-7H,1-2H3/b4-3+. The molecule has 0 N–H and O–H groups in total. The first-order chi connectivity index (χ1) is 7.24. The Morgan fingerprint density at radius 1 is 1.27 bits per heavy atom. The lowest BCUT2D eigenvalue weighted by molar-refractivity contribution is -0.104. The van der Waals surface area contributed by atoms with Crippen LogP contribution in [-0.4, -0.2) is 20.5 Å². The Hall–Kier alpha value is -1.48. The molecular weight excluding hydrogens is 216 g/mol. The smallest absolute Gasteiger partial charge is 0.179 e. The number of benzene rings is 1. The average Bonchev–Trinajstić information content (AvgIpc) is 2.27. The largest absolute Gasteiger partial charge is 0.493 e. The van der Waals surface area contributed by atoms with Crippen molar-refractivity contribution in [2.75, 3.05) is 14.2 Å². The molecule has 0 aliphatic heterocycles. The van der Waals surface area contributed by atoms with E-state index in [9.17, 15) is 4.79 Å². The fourth-order valence-corrected chi connectivity index (χ4v) is 1.47. The Bertz CT molecular complexity index is 386. The summed E-state index contributed by atoms with van der Waals surface area (Å²) in [6.45, 7) is 0. The summed E-state index contributed by atoms with van der Waals surface area (Å²) >= 11 is 6.06. The van der Waals surface area contributed by atoms with Gasteiger partial charge < -0.3 is 9.47 Å². The number of carbonyl (C=O) groups excluding carboxylic acids is 1. The Labute approximate surface area is 93.3 Å². The SMILES string of the molecule is COc1ccc(/C=C/C=O)c(Cl)c1OC. The number of hydrogen-bond donors (Lipinski definition) is 0. The molecule has 0 spiro atoms. The number of aldehydes is 1. The highest BCUT2D eigenvalue weighted by Crippen LogP contribution is 2.37. The molecule has 0 aliphatic rings. The molecule has 0 amide bonds. The number of hydrogen-bond acceptors (Lipinski definition) is 3. The van der Waals surface area contributed by atoms with Crippen LogP contribution in [0.5, 0.6) is 11.5 Å². The number of methoxy groups -OCH3 is 2. The highest BCUT2D eigenvalue weighted by atomic mass is 35.5. The minimum absolute atomic E-state index is 0.426. The lowest BCUT2D eigenvalue weighted by Crippen LogP contribution is -1.92. The lowest BCUT2D eigenvalue weighted by Gasteiger charge is -2.10. The fourth-order valence-electron chi connectivity index (χ4n) is 1.18. The van der Waals surface area contributed by atoms with Crippen molar-refractivity contribution in [2.24, 2.45) is 0 Å². The van der Waals surface area contributed by atoms with Gasteiger partial charge in [0.1, 0.15) is 6.29 Å². The number of allylic oxidation sites excluding steroid dienone is 1. The van der Waals surface area contributed by atoms with E-state index < -0.39 is 0 Å². The van der Waals surface area contributed by atoms with Gasteiger partial charge in [0.05, 0.1) is 19.2 Å². The second-order valence-electron chi connectivity index (χ2n) is 2.70. The molecule has 0 atom stereocenters. The molecule has 1 aromatic carbocycles. The number of ether oxygens (including phenoxy) is 2. The Kier molecular flexibility index (Phi) is 4.18. The van der Waals surface area contributed by atoms with E-state index in [2.05, 4.69) is 0 Å². The van der Waals surface area contributed by atoms with Crippen molar-refractivity contribution in [3.8, 4) is 11.5 Å². The minimum atomic E-state index is 0.426. The quantitative estimate of drug-likeness (QED) is 0.585. The summed E-state index contributed by atoms with van der Waals surface area (Å²) in [5.41, 5.74) is 0.710. The monoisotopic (exact) mass is 226 g/mol. The molecule has 0 saturated heterocycles. The van der Waals surface area contributed by atoms with E-state index in [0.29, 0.717) is 28.4 Å². The summed E-state index contributed by atoms with van der Waals surface area (Å²) in [6.07, 6.45) is 3.66. The lowest BCUT2D eigenvalue weighted by atomic mass is 10.2. The molecule has 3 nitrogen and oxygen atoms in total. The predicted octanol–water partition coefficient (Wildman–Crippen LogP) is 2.57. The van der Waals surface area contributed by atoms with Crippen molar-refractivity contribution in [2.45, 2.75) is 0 Å². The molecule has 0 aromatic heterocycles. The maximum Gasteiger partial charge on any atom is 0.179 e. The van der Waals surface area contributed by atoms with Crippen LogP contribution in [0, 0.1) is 0 Å². The van der Waals surface area contributed by atoms with E-state index in [1.165, 1.54) is 20.3 Å². The van der Waals surface area contributed by atoms with Gasteiger partial charge in [-0.3, -0.25) is 4.79 Å². The van der Waals surface area contributed by atoms with E-state index in [1.54, 1.807) is 18.2 Å². The van der Waals surface area contributed by atoms with Gasteiger partial charge in [-0.15, -0.1) is 0 Å². The number of carbonyl (C=O) groups is 1. The third-order valence-electron chi connectivity index (χ3n) is 1.87. The first kappa shape index (κ1) is 11.6. The van der Waals surface area contributed by atoms with Crippen molar-refractivity contribution < 1.29 is 14.3 Å². The molecule has 0 radical (unpaired) electrons. The van der Waals surface area contributed by atoms with E-state index in [-0.39, 0.29) is 0 Å². The van der Waals surface area contributed by atoms with Crippen LogP contribution in [0.4, 0.5) is 0 Å². The highest BCUT2D eigenvalue weighted by Gasteiger charge is 2.10. The summed E-state index contributed by atoms with van der Waals surface area (Å²) in [5, 5.41) is 0.426. The van der Waals surface area contributed by atoms with Crippen LogP contribution in [0.15, 0.2) is 18.2 Å². The highest BCUT2D eigenvalue weighted by molar-refractivity contribution is 6.33. The van der Waals surface area contributed by atoms with Crippen molar-refractivity contribution in [1.82, 2.24) is 0 Å². The summed E-state index contributed by atoms with van der Waals surface area (Å²) in [5.74, 6) is 1.03. The summed E-state index contributed by atoms with van der Waals surface area (Å²) in [6, 6.07) is 3.48. The van der Waals surface area contributed by atoms with E-state index in [0.717, 1.165) is 0 Å². The molecular formula is C11H11ClO3. The van der Waals surface area contributed by atoms with Crippen molar-refractivity contribution in [3.63, 3.8) is 0 Å². The van der Waals surface area contributed by atoms with Crippen LogP contribution in [0.1, 0.15) is 5.56 Å². The maximum absolute atomic E-state index is 10.2. The van der Waals surface area contributed by atoms with E-state index in [4.69, 9.17) is 21.1 Å². The molecule has 1 aromatic rings. The zero-order valence-electron chi connectivity index (χ0n) is 8.49. The minimum Gasteiger partial charge on any atom is -0.493 e. The van der Waals surface area contributed by atoms with Crippen LogP contribution in [-0.2, 0) is 4.79 Å². The summed E-state index contributed by atoms with van der Waals surface area (Å²) in [4.78, 5) is 10.2. The summed E-state index contributed by atoms with van der Waals surface area (Å²) < 4.78 is 10.2. The van der Waals surface area contributed by atoms with Gasteiger partial charge in [0.25, 0.3) is 0 Å². The molecule has 80 valence electrons. The molecule has 15 heavy (non-hydrogen) atoms. The fraction of sp³-hybridized carbons (Fsp3) is 0.182. The maximum atomic E-state index is 10.2.